The van der Waals surface area contributed by atoms with Crippen molar-refractivity contribution in [2.24, 2.45) is 0 Å². The van der Waals surface area contributed by atoms with Gasteiger partial charge in [-0.2, -0.15) is 4.31 Å². The first kappa shape index (κ1) is 20.3. The van der Waals surface area contributed by atoms with E-state index in [9.17, 15) is 18.5 Å². The Labute approximate surface area is 164 Å². The molecule has 2 aromatic rings. The Hall–Kier alpha value is -2.43. The lowest BCUT2D eigenvalue weighted by Gasteiger charge is -2.31. The molecule has 3 rings (SSSR count). The van der Waals surface area contributed by atoms with E-state index in [4.69, 9.17) is 4.42 Å². The zero-order valence-corrected chi connectivity index (χ0v) is 16.7. The molecular formula is C18H24N4O5S. The number of hydrogen-bond acceptors (Lipinski definition) is 7. The zero-order chi connectivity index (χ0) is 20.3. The Balaban J connectivity index is 1.81. The largest absolute Gasteiger partial charge is 0.469 e. The molecule has 1 N–H and O–H groups in total. The van der Waals surface area contributed by atoms with Crippen LogP contribution >= 0.6 is 0 Å². The summed E-state index contributed by atoms with van der Waals surface area (Å²) >= 11 is 0. The third-order valence-electron chi connectivity index (χ3n) is 4.76. The molecule has 0 amide bonds. The Kier molecular flexibility index (Phi) is 6.01. The molecule has 1 atom stereocenters. The first-order valence-corrected chi connectivity index (χ1v) is 10.5. The summed E-state index contributed by atoms with van der Waals surface area (Å²) < 4.78 is 32.4. The van der Waals surface area contributed by atoms with Gasteiger partial charge in [-0.25, -0.2) is 8.42 Å². The van der Waals surface area contributed by atoms with E-state index in [2.05, 4.69) is 5.32 Å². The number of hydrogen-bond donors (Lipinski definition) is 1. The van der Waals surface area contributed by atoms with Crippen LogP contribution in [0.15, 0.2) is 45.9 Å². The molecule has 10 heteroatoms. The minimum absolute atomic E-state index is 0.0620. The molecule has 0 spiro atoms. The molecule has 152 valence electrons. The van der Waals surface area contributed by atoms with Crippen molar-refractivity contribution < 1.29 is 17.8 Å². The van der Waals surface area contributed by atoms with Gasteiger partial charge < -0.3 is 14.6 Å². The van der Waals surface area contributed by atoms with Crippen molar-refractivity contribution in [1.82, 2.24) is 9.21 Å². The molecule has 1 saturated heterocycles. The van der Waals surface area contributed by atoms with Gasteiger partial charge in [0.2, 0.25) is 10.0 Å². The quantitative estimate of drug-likeness (QED) is 0.552. The number of rotatable bonds is 7. The van der Waals surface area contributed by atoms with E-state index in [1.54, 1.807) is 12.3 Å². The Morgan fingerprint density at radius 3 is 2.57 bits per heavy atom. The molecule has 9 nitrogen and oxygen atoms in total. The smallest absolute Gasteiger partial charge is 0.293 e. The number of likely N-dealkylation sites (N-methyl/N-ethyl adjacent to an activating group) is 1. The fraction of sp³-hybridized carbons (Fsp3) is 0.444. The van der Waals surface area contributed by atoms with E-state index in [0.717, 1.165) is 11.8 Å². The van der Waals surface area contributed by atoms with Crippen LogP contribution in [-0.4, -0.2) is 61.8 Å². The molecule has 0 bridgehead atoms. The number of nitrogens with zero attached hydrogens (tertiary/aromatic N) is 3. The number of anilines is 1. The first-order chi connectivity index (χ1) is 13.3. The highest BCUT2D eigenvalue weighted by Gasteiger charge is 2.29. The minimum atomic E-state index is -3.77. The van der Waals surface area contributed by atoms with Crippen molar-refractivity contribution in [1.29, 1.82) is 0 Å². The number of furan rings is 1. The second-order valence-corrected chi connectivity index (χ2v) is 8.91. The second kappa shape index (κ2) is 8.29. The van der Waals surface area contributed by atoms with E-state index < -0.39 is 14.9 Å². The van der Waals surface area contributed by atoms with Gasteiger partial charge in [0.05, 0.1) is 16.1 Å². The summed E-state index contributed by atoms with van der Waals surface area (Å²) in [5.74, 6) is 0.761. The monoisotopic (exact) mass is 408 g/mol. The van der Waals surface area contributed by atoms with Crippen LogP contribution in [0.25, 0.3) is 0 Å². The summed E-state index contributed by atoms with van der Waals surface area (Å²) in [5, 5.41) is 14.6. The molecule has 28 heavy (non-hydrogen) atoms. The molecule has 1 aromatic heterocycles. The van der Waals surface area contributed by atoms with Crippen LogP contribution in [0.2, 0.25) is 0 Å². The summed E-state index contributed by atoms with van der Waals surface area (Å²) in [6, 6.07) is 7.49. The lowest BCUT2D eigenvalue weighted by molar-refractivity contribution is -0.384. The normalized spacial score (nSPS) is 17.4. The van der Waals surface area contributed by atoms with Crippen molar-refractivity contribution >= 4 is 21.4 Å². The second-order valence-electron chi connectivity index (χ2n) is 6.97. The molecule has 2 heterocycles. The van der Waals surface area contributed by atoms with Crippen LogP contribution in [0.5, 0.6) is 0 Å². The highest BCUT2D eigenvalue weighted by molar-refractivity contribution is 7.89. The van der Waals surface area contributed by atoms with E-state index >= 15 is 0 Å². The number of nitrogens with one attached hydrogen (secondary N) is 1. The number of piperazine rings is 1. The first-order valence-electron chi connectivity index (χ1n) is 9.03. The summed E-state index contributed by atoms with van der Waals surface area (Å²) in [6.45, 7) is 3.87. The Morgan fingerprint density at radius 2 is 1.96 bits per heavy atom. The van der Waals surface area contributed by atoms with E-state index in [-0.39, 0.29) is 22.3 Å². The van der Waals surface area contributed by atoms with E-state index in [0.29, 0.717) is 32.6 Å². The lowest BCUT2D eigenvalue weighted by atomic mass is 10.1. The molecule has 1 aliphatic heterocycles. The molecule has 0 saturated carbocycles. The van der Waals surface area contributed by atoms with Gasteiger partial charge in [0.25, 0.3) is 5.69 Å². The lowest BCUT2D eigenvalue weighted by Crippen LogP contribution is -2.47. The predicted octanol–water partition coefficient (Wildman–Crippen LogP) is 2.17. The average Bonchev–Trinajstić information content (AvgIpc) is 3.15. The van der Waals surface area contributed by atoms with Gasteiger partial charge >= 0.3 is 0 Å². The third kappa shape index (κ3) is 4.51. The fourth-order valence-corrected chi connectivity index (χ4v) is 4.61. The van der Waals surface area contributed by atoms with Crippen LogP contribution in [0.1, 0.15) is 12.7 Å². The average molecular weight is 408 g/mol. The van der Waals surface area contributed by atoms with Crippen LogP contribution in [0.4, 0.5) is 11.4 Å². The molecule has 1 aromatic carbocycles. The molecular weight excluding hydrogens is 384 g/mol. The molecule has 1 aliphatic rings. The summed E-state index contributed by atoms with van der Waals surface area (Å²) in [7, 11) is -1.84. The van der Waals surface area contributed by atoms with Gasteiger partial charge in [0.1, 0.15) is 11.4 Å². The number of nitro benzene ring substituents is 1. The van der Waals surface area contributed by atoms with E-state index in [1.807, 2.05) is 24.9 Å². The van der Waals surface area contributed by atoms with Crippen molar-refractivity contribution in [2.75, 3.05) is 38.5 Å². The summed E-state index contributed by atoms with van der Waals surface area (Å²) in [4.78, 5) is 13.0. The van der Waals surface area contributed by atoms with Crippen LogP contribution in [0, 0.1) is 10.1 Å². The van der Waals surface area contributed by atoms with Gasteiger partial charge in [-0.3, -0.25) is 10.1 Å². The Bertz CT molecular complexity index is 921. The van der Waals surface area contributed by atoms with Crippen LogP contribution < -0.4 is 5.32 Å². The predicted molar refractivity (Wildman–Crippen MR) is 105 cm³/mol. The molecule has 0 aliphatic carbocycles. The number of benzene rings is 1. The van der Waals surface area contributed by atoms with Crippen LogP contribution in [0.3, 0.4) is 0 Å². The van der Waals surface area contributed by atoms with Crippen LogP contribution in [-0.2, 0) is 16.4 Å². The van der Waals surface area contributed by atoms with Gasteiger partial charge in [0, 0.05) is 44.7 Å². The van der Waals surface area contributed by atoms with Crippen molar-refractivity contribution in [2.45, 2.75) is 24.3 Å². The van der Waals surface area contributed by atoms with Crippen molar-refractivity contribution in [3.8, 4) is 0 Å². The highest BCUT2D eigenvalue weighted by Crippen LogP contribution is 2.30. The fourth-order valence-electron chi connectivity index (χ4n) is 3.17. The SMILES string of the molecule is CC(Cc1ccco1)Nc1ccc(S(=O)(=O)N2CCN(C)CC2)cc1[N+](=O)[O-]. The zero-order valence-electron chi connectivity index (χ0n) is 15.9. The van der Waals surface area contributed by atoms with Gasteiger partial charge in [-0.15, -0.1) is 0 Å². The topological polar surface area (TPSA) is 109 Å². The maximum absolute atomic E-state index is 12.9. The highest BCUT2D eigenvalue weighted by atomic mass is 32.2. The van der Waals surface area contributed by atoms with Crippen molar-refractivity contribution in [3.63, 3.8) is 0 Å². The van der Waals surface area contributed by atoms with Crippen molar-refractivity contribution in [3.05, 3.63) is 52.5 Å². The van der Waals surface area contributed by atoms with Gasteiger partial charge in [-0.1, -0.05) is 0 Å². The summed E-state index contributed by atoms with van der Waals surface area (Å²) in [6.07, 6.45) is 2.12. The molecule has 1 fully saturated rings. The standard InChI is InChI=1S/C18H24N4O5S/c1-14(12-15-4-3-11-27-15)19-17-6-5-16(13-18(17)22(23)24)28(25,26)21-9-7-20(2)8-10-21/h3-6,11,13-14,19H,7-10,12H2,1-2H3. The third-order valence-corrected chi connectivity index (χ3v) is 6.65. The summed E-state index contributed by atoms with van der Waals surface area (Å²) in [5.41, 5.74) is 0.0166. The number of sulfonamides is 1. The maximum Gasteiger partial charge on any atom is 0.293 e. The van der Waals surface area contributed by atoms with Gasteiger partial charge in [-0.05, 0) is 38.2 Å². The Morgan fingerprint density at radius 1 is 1.25 bits per heavy atom. The van der Waals surface area contributed by atoms with E-state index in [1.165, 1.54) is 16.4 Å². The molecule has 0 radical (unpaired) electrons. The van der Waals surface area contributed by atoms with Gasteiger partial charge in [0.15, 0.2) is 0 Å². The maximum atomic E-state index is 12.9. The number of nitro groups is 1. The molecule has 1 unspecified atom stereocenters. The minimum Gasteiger partial charge on any atom is -0.469 e.